The van der Waals surface area contributed by atoms with Crippen molar-refractivity contribution >= 4 is 34.6 Å². The van der Waals surface area contributed by atoms with Gasteiger partial charge in [0.2, 0.25) is 0 Å². The van der Waals surface area contributed by atoms with Gasteiger partial charge in [-0.1, -0.05) is 12.1 Å². The molecule has 25 heavy (non-hydrogen) atoms. The SMILES string of the molecule is Cc1ccc([N+](=O)[O-])c(NC(=O)COC(=O)CCc2cccs2)c1C. The number of benzene rings is 1. The number of thiophene rings is 1. The topological polar surface area (TPSA) is 98.5 Å². The number of amides is 1. The second kappa shape index (κ2) is 8.39. The Morgan fingerprint density at radius 3 is 2.68 bits per heavy atom. The zero-order valence-electron chi connectivity index (χ0n) is 13.9. The van der Waals surface area contributed by atoms with E-state index in [4.69, 9.17) is 4.74 Å². The van der Waals surface area contributed by atoms with Crippen molar-refractivity contribution in [3.05, 3.63) is 55.8 Å². The molecule has 2 aromatic rings. The quantitative estimate of drug-likeness (QED) is 0.462. The fourth-order valence-electron chi connectivity index (χ4n) is 2.19. The van der Waals surface area contributed by atoms with Crippen LogP contribution in [-0.4, -0.2) is 23.4 Å². The van der Waals surface area contributed by atoms with Crippen molar-refractivity contribution in [3.8, 4) is 0 Å². The summed E-state index contributed by atoms with van der Waals surface area (Å²) < 4.78 is 4.93. The van der Waals surface area contributed by atoms with E-state index in [1.165, 1.54) is 6.07 Å². The van der Waals surface area contributed by atoms with Crippen LogP contribution < -0.4 is 5.32 Å². The third-order valence-corrected chi connectivity index (χ3v) is 4.63. The monoisotopic (exact) mass is 362 g/mol. The van der Waals surface area contributed by atoms with Crippen LogP contribution in [0.1, 0.15) is 22.4 Å². The van der Waals surface area contributed by atoms with E-state index in [1.807, 2.05) is 17.5 Å². The minimum atomic E-state index is -0.610. The number of nitrogens with one attached hydrogen (secondary N) is 1. The number of nitrogens with zero attached hydrogens (tertiary/aromatic N) is 1. The summed E-state index contributed by atoms with van der Waals surface area (Å²) in [6.07, 6.45) is 0.734. The molecule has 8 heteroatoms. The second-order valence-electron chi connectivity index (χ2n) is 5.45. The van der Waals surface area contributed by atoms with Gasteiger partial charge < -0.3 is 10.1 Å². The van der Waals surface area contributed by atoms with E-state index in [1.54, 1.807) is 31.3 Å². The fourth-order valence-corrected chi connectivity index (χ4v) is 2.89. The van der Waals surface area contributed by atoms with E-state index in [0.29, 0.717) is 12.0 Å². The molecule has 0 bridgehead atoms. The van der Waals surface area contributed by atoms with E-state index in [0.717, 1.165) is 10.4 Å². The van der Waals surface area contributed by atoms with Crippen molar-refractivity contribution in [2.75, 3.05) is 11.9 Å². The van der Waals surface area contributed by atoms with Crippen molar-refractivity contribution in [1.29, 1.82) is 0 Å². The molecule has 0 aliphatic heterocycles. The molecule has 0 spiro atoms. The number of hydrogen-bond acceptors (Lipinski definition) is 6. The Bertz CT molecular complexity index is 787. The van der Waals surface area contributed by atoms with Gasteiger partial charge in [0, 0.05) is 10.9 Å². The number of nitro groups is 1. The van der Waals surface area contributed by atoms with Crippen LogP contribution in [0.4, 0.5) is 11.4 Å². The summed E-state index contributed by atoms with van der Waals surface area (Å²) in [6.45, 7) is 3.00. The predicted octanol–water partition coefficient (Wildman–Crippen LogP) is 3.39. The first-order valence-corrected chi connectivity index (χ1v) is 8.49. The van der Waals surface area contributed by atoms with Crippen LogP contribution in [0.5, 0.6) is 0 Å². The molecular weight excluding hydrogens is 344 g/mol. The van der Waals surface area contributed by atoms with E-state index < -0.39 is 23.4 Å². The maximum Gasteiger partial charge on any atom is 0.306 e. The summed E-state index contributed by atoms with van der Waals surface area (Å²) in [5.41, 5.74) is 1.35. The number of anilines is 1. The van der Waals surface area contributed by atoms with Crippen LogP contribution in [0.2, 0.25) is 0 Å². The number of aryl methyl sites for hydroxylation is 2. The first kappa shape index (κ1) is 18.6. The number of hydrogen-bond donors (Lipinski definition) is 1. The molecule has 1 amide bonds. The first-order valence-electron chi connectivity index (χ1n) is 7.61. The van der Waals surface area contributed by atoms with Crippen molar-refractivity contribution in [3.63, 3.8) is 0 Å². The smallest absolute Gasteiger partial charge is 0.306 e. The van der Waals surface area contributed by atoms with Crippen LogP contribution in [-0.2, 0) is 20.7 Å². The fraction of sp³-hybridized carbons (Fsp3) is 0.294. The number of carbonyl (C=O) groups is 2. The Hall–Kier alpha value is -2.74. The van der Waals surface area contributed by atoms with Gasteiger partial charge in [-0.25, -0.2) is 0 Å². The normalized spacial score (nSPS) is 10.3. The Labute approximate surface area is 148 Å². The average molecular weight is 362 g/mol. The van der Waals surface area contributed by atoms with Gasteiger partial charge in [-0.15, -0.1) is 11.3 Å². The molecule has 0 atom stereocenters. The van der Waals surface area contributed by atoms with Crippen LogP contribution in [0.15, 0.2) is 29.6 Å². The lowest BCUT2D eigenvalue weighted by atomic mass is 10.1. The Morgan fingerprint density at radius 1 is 1.28 bits per heavy atom. The van der Waals surface area contributed by atoms with Crippen LogP contribution >= 0.6 is 11.3 Å². The lowest BCUT2D eigenvalue weighted by Crippen LogP contribution is -2.22. The number of carbonyl (C=O) groups excluding carboxylic acids is 2. The highest BCUT2D eigenvalue weighted by Crippen LogP contribution is 2.30. The molecule has 0 aliphatic carbocycles. The third-order valence-electron chi connectivity index (χ3n) is 3.69. The summed E-state index contributed by atoms with van der Waals surface area (Å²) in [5.74, 6) is -1.10. The molecule has 1 aromatic heterocycles. The maximum absolute atomic E-state index is 12.0. The summed E-state index contributed by atoms with van der Waals surface area (Å²) in [5, 5.41) is 15.5. The largest absolute Gasteiger partial charge is 0.456 e. The van der Waals surface area contributed by atoms with Gasteiger partial charge in [-0.2, -0.15) is 0 Å². The molecule has 0 fully saturated rings. The van der Waals surface area contributed by atoms with Crippen molar-refractivity contribution in [2.24, 2.45) is 0 Å². The summed E-state index contributed by atoms with van der Waals surface area (Å²) >= 11 is 1.55. The molecule has 1 heterocycles. The Morgan fingerprint density at radius 2 is 2.04 bits per heavy atom. The van der Waals surface area contributed by atoms with Gasteiger partial charge in [0.25, 0.3) is 11.6 Å². The molecule has 1 N–H and O–H groups in total. The minimum Gasteiger partial charge on any atom is -0.456 e. The molecular formula is C17H18N2O5S. The van der Waals surface area contributed by atoms with Gasteiger partial charge in [-0.05, 0) is 42.8 Å². The molecule has 1 aromatic carbocycles. The Kier molecular flexibility index (Phi) is 6.24. The summed E-state index contributed by atoms with van der Waals surface area (Å²) in [7, 11) is 0. The van der Waals surface area contributed by atoms with E-state index in [-0.39, 0.29) is 17.8 Å². The van der Waals surface area contributed by atoms with Gasteiger partial charge in [0.1, 0.15) is 5.69 Å². The standard InChI is InChI=1S/C17H18N2O5S/c1-11-5-7-14(19(22)23)17(12(11)2)18-15(20)10-24-16(21)8-6-13-4-3-9-25-13/h3-5,7,9H,6,8,10H2,1-2H3,(H,18,20). The molecule has 0 aliphatic rings. The number of rotatable bonds is 7. The number of esters is 1. The highest BCUT2D eigenvalue weighted by Gasteiger charge is 2.20. The lowest BCUT2D eigenvalue weighted by Gasteiger charge is -2.11. The minimum absolute atomic E-state index is 0.129. The van der Waals surface area contributed by atoms with Gasteiger partial charge in [0.05, 0.1) is 11.3 Å². The van der Waals surface area contributed by atoms with Crippen molar-refractivity contribution in [2.45, 2.75) is 26.7 Å². The number of nitro benzene ring substituents is 1. The predicted molar refractivity (Wildman–Crippen MR) is 94.8 cm³/mol. The third kappa shape index (κ3) is 5.12. The van der Waals surface area contributed by atoms with Crippen LogP contribution in [0, 0.1) is 24.0 Å². The average Bonchev–Trinajstić information content (AvgIpc) is 3.08. The molecule has 132 valence electrons. The molecule has 0 saturated heterocycles. The van der Waals surface area contributed by atoms with Crippen LogP contribution in [0.3, 0.4) is 0 Å². The van der Waals surface area contributed by atoms with E-state index >= 15 is 0 Å². The van der Waals surface area contributed by atoms with Crippen molar-refractivity contribution in [1.82, 2.24) is 0 Å². The molecule has 7 nitrogen and oxygen atoms in total. The lowest BCUT2D eigenvalue weighted by molar-refractivity contribution is -0.384. The van der Waals surface area contributed by atoms with Gasteiger partial charge in [-0.3, -0.25) is 19.7 Å². The summed E-state index contributed by atoms with van der Waals surface area (Å²) in [4.78, 5) is 35.3. The molecule has 0 saturated carbocycles. The highest BCUT2D eigenvalue weighted by molar-refractivity contribution is 7.09. The molecule has 0 radical (unpaired) electrons. The van der Waals surface area contributed by atoms with Crippen LogP contribution in [0.25, 0.3) is 0 Å². The zero-order chi connectivity index (χ0) is 18.4. The summed E-state index contributed by atoms with van der Waals surface area (Å²) in [6, 6.07) is 6.78. The number of ether oxygens (including phenoxy) is 1. The van der Waals surface area contributed by atoms with E-state index in [2.05, 4.69) is 5.32 Å². The van der Waals surface area contributed by atoms with E-state index in [9.17, 15) is 19.7 Å². The van der Waals surface area contributed by atoms with Crippen molar-refractivity contribution < 1.29 is 19.2 Å². The molecule has 2 rings (SSSR count). The van der Waals surface area contributed by atoms with Gasteiger partial charge in [0.15, 0.2) is 6.61 Å². The van der Waals surface area contributed by atoms with Gasteiger partial charge >= 0.3 is 5.97 Å². The zero-order valence-corrected chi connectivity index (χ0v) is 14.7. The Balaban J connectivity index is 1.91. The first-order chi connectivity index (χ1) is 11.9. The molecule has 0 unspecified atom stereocenters. The maximum atomic E-state index is 12.0. The highest BCUT2D eigenvalue weighted by atomic mass is 32.1. The second-order valence-corrected chi connectivity index (χ2v) is 6.48.